The van der Waals surface area contributed by atoms with Crippen molar-refractivity contribution in [3.63, 3.8) is 0 Å². The van der Waals surface area contributed by atoms with Crippen molar-refractivity contribution in [2.45, 2.75) is 57.8 Å². The minimum absolute atomic E-state index is 0.311. The summed E-state index contributed by atoms with van der Waals surface area (Å²) < 4.78 is 19.7. The Morgan fingerprint density at radius 1 is 1.04 bits per heavy atom. The van der Waals surface area contributed by atoms with Gasteiger partial charge in [0, 0.05) is 12.2 Å². The van der Waals surface area contributed by atoms with Crippen LogP contribution in [0.3, 0.4) is 0 Å². The number of carbonyl (C=O) groups excluding carboxylic acids is 3. The Kier molecular flexibility index (Phi) is 7.35. The molecule has 1 aliphatic rings. The van der Waals surface area contributed by atoms with Crippen molar-refractivity contribution in [2.24, 2.45) is 0 Å². The lowest BCUT2D eigenvalue weighted by atomic mass is 10.2. The third kappa shape index (κ3) is 7.88. The zero-order valence-electron chi connectivity index (χ0n) is 13.4. The van der Waals surface area contributed by atoms with Gasteiger partial charge in [-0.1, -0.05) is 11.6 Å². The number of ether oxygens (including phenoxy) is 4. The fraction of sp³-hybridized carbons (Fsp3) is 0.667. The van der Waals surface area contributed by atoms with E-state index in [9.17, 15) is 14.4 Å². The quantitative estimate of drug-likeness (QED) is 0.326. The first kappa shape index (κ1) is 19.3. The number of rotatable bonds is 5. The highest BCUT2D eigenvalue weighted by molar-refractivity contribution is 6.17. The molecule has 0 heterocycles. The van der Waals surface area contributed by atoms with Crippen LogP contribution in [0.5, 0.6) is 0 Å². The Labute approximate surface area is 139 Å². The van der Waals surface area contributed by atoms with Gasteiger partial charge in [0.25, 0.3) is 0 Å². The molecule has 0 aromatic rings. The number of hydrogen-bond donors (Lipinski definition) is 0. The molecule has 0 aromatic heterocycles. The molecular formula is C15H21ClO7. The van der Waals surface area contributed by atoms with E-state index in [-0.39, 0.29) is 6.07 Å². The van der Waals surface area contributed by atoms with Gasteiger partial charge in [-0.05, 0) is 40.0 Å². The maximum atomic E-state index is 11.7. The highest BCUT2D eigenvalue weighted by atomic mass is 35.5. The molecule has 0 bridgehead atoms. The monoisotopic (exact) mass is 348 g/mol. The number of halogens is 1. The average molecular weight is 349 g/mol. The predicted octanol–water partition coefficient (Wildman–Crippen LogP) is 2.70. The number of carbonyl (C=O) groups is 3. The van der Waals surface area contributed by atoms with Gasteiger partial charge in [-0.2, -0.15) is 0 Å². The molecule has 0 aromatic carbocycles. The lowest BCUT2D eigenvalue weighted by Gasteiger charge is -2.19. The molecule has 1 fully saturated rings. The second-order valence-electron chi connectivity index (χ2n) is 5.93. The summed E-state index contributed by atoms with van der Waals surface area (Å²) in [6.07, 6.45) is 1.79. The van der Waals surface area contributed by atoms with Crippen LogP contribution in [0.2, 0.25) is 0 Å². The summed E-state index contributed by atoms with van der Waals surface area (Å²) >= 11 is 5.26. The maximum Gasteiger partial charge on any atom is 0.509 e. The van der Waals surface area contributed by atoms with E-state index in [4.69, 9.17) is 25.8 Å². The minimum atomic E-state index is -0.905. The highest BCUT2D eigenvalue weighted by Crippen LogP contribution is 2.25. The summed E-state index contributed by atoms with van der Waals surface area (Å²) in [6.45, 7) is 5.16. The molecule has 2 atom stereocenters. The molecule has 0 aliphatic heterocycles. The van der Waals surface area contributed by atoms with Crippen LogP contribution in [0.15, 0.2) is 12.2 Å². The van der Waals surface area contributed by atoms with E-state index >= 15 is 0 Å². The molecule has 0 N–H and O–H groups in total. The van der Waals surface area contributed by atoms with Crippen LogP contribution in [0.4, 0.5) is 4.79 Å². The maximum absolute atomic E-state index is 11.7. The predicted molar refractivity (Wildman–Crippen MR) is 80.8 cm³/mol. The Bertz CT molecular complexity index is 467. The van der Waals surface area contributed by atoms with E-state index in [0.29, 0.717) is 12.8 Å². The van der Waals surface area contributed by atoms with Crippen molar-refractivity contribution in [2.75, 3.05) is 6.07 Å². The molecule has 0 radical (unpaired) electrons. The SMILES string of the molecule is CC(C)(C)OC(=O)/C=C/C(=O)O[C@H]1CCC[C@H]1OC(=O)OCCl. The van der Waals surface area contributed by atoms with E-state index < -0.39 is 35.9 Å². The molecule has 23 heavy (non-hydrogen) atoms. The van der Waals surface area contributed by atoms with Crippen molar-refractivity contribution in [3.8, 4) is 0 Å². The molecule has 130 valence electrons. The lowest BCUT2D eigenvalue weighted by molar-refractivity contribution is -0.151. The van der Waals surface area contributed by atoms with Crippen LogP contribution < -0.4 is 0 Å². The normalized spacial score (nSPS) is 21.0. The molecule has 0 unspecified atom stereocenters. The van der Waals surface area contributed by atoms with Crippen LogP contribution in [0, 0.1) is 0 Å². The van der Waals surface area contributed by atoms with Gasteiger partial charge in [0.2, 0.25) is 0 Å². The summed E-state index contributed by atoms with van der Waals surface area (Å²) in [5.74, 6) is -1.35. The lowest BCUT2D eigenvalue weighted by Crippen LogP contribution is -2.30. The van der Waals surface area contributed by atoms with E-state index in [2.05, 4.69) is 4.74 Å². The summed E-state index contributed by atoms with van der Waals surface area (Å²) in [7, 11) is 0. The van der Waals surface area contributed by atoms with Crippen LogP contribution >= 0.6 is 11.6 Å². The van der Waals surface area contributed by atoms with Crippen molar-refractivity contribution >= 4 is 29.7 Å². The summed E-state index contributed by atoms with van der Waals surface area (Å²) in [6, 6.07) is -0.311. The highest BCUT2D eigenvalue weighted by Gasteiger charge is 2.33. The molecule has 1 saturated carbocycles. The molecule has 0 spiro atoms. The van der Waals surface area contributed by atoms with Gasteiger partial charge in [0.05, 0.1) is 0 Å². The topological polar surface area (TPSA) is 88.1 Å². The molecule has 0 amide bonds. The fourth-order valence-electron chi connectivity index (χ4n) is 2.02. The summed E-state index contributed by atoms with van der Waals surface area (Å²) in [4.78, 5) is 34.4. The zero-order valence-corrected chi connectivity index (χ0v) is 14.1. The van der Waals surface area contributed by atoms with E-state index in [1.54, 1.807) is 20.8 Å². The van der Waals surface area contributed by atoms with E-state index in [1.807, 2.05) is 0 Å². The van der Waals surface area contributed by atoms with Crippen LogP contribution in [0.25, 0.3) is 0 Å². The second-order valence-corrected chi connectivity index (χ2v) is 6.15. The molecule has 1 rings (SSSR count). The van der Waals surface area contributed by atoms with Crippen molar-refractivity contribution < 1.29 is 33.3 Å². The van der Waals surface area contributed by atoms with Crippen LogP contribution in [0.1, 0.15) is 40.0 Å². The Morgan fingerprint density at radius 2 is 1.61 bits per heavy atom. The van der Waals surface area contributed by atoms with Crippen molar-refractivity contribution in [1.82, 2.24) is 0 Å². The molecule has 7 nitrogen and oxygen atoms in total. The third-order valence-corrected chi connectivity index (χ3v) is 2.95. The number of esters is 2. The summed E-state index contributed by atoms with van der Waals surface area (Å²) in [5, 5.41) is 0. The molecule has 1 aliphatic carbocycles. The summed E-state index contributed by atoms with van der Waals surface area (Å²) in [5.41, 5.74) is -0.640. The second kappa shape index (κ2) is 8.76. The molecule has 8 heteroatoms. The minimum Gasteiger partial charge on any atom is -0.457 e. The van der Waals surface area contributed by atoms with Crippen LogP contribution in [-0.4, -0.2) is 42.0 Å². The zero-order chi connectivity index (χ0) is 17.5. The molecular weight excluding hydrogens is 328 g/mol. The Hall–Kier alpha value is -1.76. The Balaban J connectivity index is 2.46. The largest absolute Gasteiger partial charge is 0.509 e. The smallest absolute Gasteiger partial charge is 0.457 e. The van der Waals surface area contributed by atoms with Gasteiger partial charge >= 0.3 is 18.1 Å². The third-order valence-electron chi connectivity index (χ3n) is 2.84. The molecule has 0 saturated heterocycles. The van der Waals surface area contributed by atoms with Gasteiger partial charge in [0.15, 0.2) is 6.07 Å². The van der Waals surface area contributed by atoms with Crippen molar-refractivity contribution in [3.05, 3.63) is 12.2 Å². The van der Waals surface area contributed by atoms with E-state index in [1.165, 1.54) is 0 Å². The standard InChI is InChI=1S/C15H21ClO7/c1-15(2,3)23-13(18)8-7-12(17)21-10-5-4-6-11(10)22-14(19)20-9-16/h7-8,10-11H,4-6,9H2,1-3H3/b8-7+/t10-,11+/m0/s1. The van der Waals surface area contributed by atoms with Crippen molar-refractivity contribution in [1.29, 1.82) is 0 Å². The first-order valence-corrected chi connectivity index (χ1v) is 7.76. The average Bonchev–Trinajstić information content (AvgIpc) is 2.82. The number of hydrogen-bond acceptors (Lipinski definition) is 7. The Morgan fingerprint density at radius 3 is 2.17 bits per heavy atom. The van der Waals surface area contributed by atoms with Gasteiger partial charge in [0.1, 0.15) is 17.8 Å². The van der Waals surface area contributed by atoms with E-state index in [0.717, 1.165) is 18.6 Å². The van der Waals surface area contributed by atoms with Gasteiger partial charge in [-0.15, -0.1) is 0 Å². The first-order valence-electron chi connectivity index (χ1n) is 7.22. The van der Waals surface area contributed by atoms with Gasteiger partial charge in [-0.3, -0.25) is 0 Å². The van der Waals surface area contributed by atoms with Gasteiger partial charge in [-0.25, -0.2) is 14.4 Å². The first-order chi connectivity index (χ1) is 10.7. The fourth-order valence-corrected chi connectivity index (χ4v) is 2.11. The number of alkyl halides is 1. The van der Waals surface area contributed by atoms with Gasteiger partial charge < -0.3 is 18.9 Å². The van der Waals surface area contributed by atoms with Crippen LogP contribution in [-0.2, 0) is 28.5 Å².